The molecule has 2 atom stereocenters. The van der Waals surface area contributed by atoms with Gasteiger partial charge in [-0.2, -0.15) is 0 Å². The Labute approximate surface area is 118 Å². The summed E-state index contributed by atoms with van der Waals surface area (Å²) in [5.41, 5.74) is 0. The van der Waals surface area contributed by atoms with Gasteiger partial charge in [-0.3, -0.25) is 4.79 Å². The lowest BCUT2D eigenvalue weighted by Crippen LogP contribution is -2.48. The van der Waals surface area contributed by atoms with Gasteiger partial charge in [0.15, 0.2) is 0 Å². The molecule has 1 aliphatic heterocycles. The van der Waals surface area contributed by atoms with Crippen LogP contribution in [0, 0.1) is 5.92 Å². The number of likely N-dealkylation sites (tertiary alicyclic amines) is 1. The lowest BCUT2D eigenvalue weighted by atomic mass is 9.98. The van der Waals surface area contributed by atoms with E-state index in [9.17, 15) is 4.79 Å². The highest BCUT2D eigenvalue weighted by molar-refractivity contribution is 5.81. The van der Waals surface area contributed by atoms with Crippen LogP contribution in [0.4, 0.5) is 0 Å². The van der Waals surface area contributed by atoms with Gasteiger partial charge in [0, 0.05) is 12.6 Å². The first-order valence-electron chi connectivity index (χ1n) is 7.79. The van der Waals surface area contributed by atoms with E-state index in [1.54, 1.807) is 0 Å². The van der Waals surface area contributed by atoms with Crippen LogP contribution in [0.2, 0.25) is 0 Å². The number of hydrogen-bond acceptors (Lipinski definition) is 3. The number of nitrogens with one attached hydrogen (secondary N) is 2. The van der Waals surface area contributed by atoms with Crippen LogP contribution in [0.5, 0.6) is 0 Å². The lowest BCUT2D eigenvalue weighted by Gasteiger charge is -2.30. The van der Waals surface area contributed by atoms with Crippen LogP contribution in [0.1, 0.15) is 46.5 Å². The molecule has 4 nitrogen and oxygen atoms in total. The maximum atomic E-state index is 12.0. The summed E-state index contributed by atoms with van der Waals surface area (Å²) in [6, 6.07) is 0.227. The van der Waals surface area contributed by atoms with Crippen molar-refractivity contribution in [1.29, 1.82) is 0 Å². The van der Waals surface area contributed by atoms with E-state index >= 15 is 0 Å². The molecule has 0 radical (unpaired) electrons. The topological polar surface area (TPSA) is 44.4 Å². The van der Waals surface area contributed by atoms with Crippen molar-refractivity contribution in [2.75, 3.05) is 26.7 Å². The molecule has 1 rings (SSSR count). The molecule has 0 aromatic heterocycles. The Morgan fingerprint density at radius 2 is 2.05 bits per heavy atom. The Morgan fingerprint density at radius 3 is 2.63 bits per heavy atom. The summed E-state index contributed by atoms with van der Waals surface area (Å²) in [5.74, 6) is 0.819. The molecule has 4 heteroatoms. The Morgan fingerprint density at radius 1 is 1.37 bits per heavy atom. The van der Waals surface area contributed by atoms with Gasteiger partial charge in [0.05, 0.1) is 6.04 Å². The van der Waals surface area contributed by atoms with Gasteiger partial charge < -0.3 is 15.5 Å². The van der Waals surface area contributed by atoms with E-state index in [2.05, 4.69) is 36.4 Å². The van der Waals surface area contributed by atoms with Crippen LogP contribution >= 0.6 is 0 Å². The maximum absolute atomic E-state index is 12.0. The summed E-state index contributed by atoms with van der Waals surface area (Å²) in [5, 5.41) is 6.49. The number of rotatable bonds is 7. The van der Waals surface area contributed by atoms with Gasteiger partial charge in [-0.05, 0) is 58.7 Å². The Bertz CT molecular complexity index is 266. The molecular formula is C15H31N3O. The van der Waals surface area contributed by atoms with Gasteiger partial charge in [0.2, 0.25) is 5.91 Å². The van der Waals surface area contributed by atoms with Gasteiger partial charge in [0.25, 0.3) is 0 Å². The summed E-state index contributed by atoms with van der Waals surface area (Å²) >= 11 is 0. The SMILES string of the molecule is CCC(CC)NC(=O)C(C)NCC1CCCN(C)C1. The van der Waals surface area contributed by atoms with E-state index in [4.69, 9.17) is 0 Å². The van der Waals surface area contributed by atoms with Crippen molar-refractivity contribution in [3.63, 3.8) is 0 Å². The van der Waals surface area contributed by atoms with E-state index in [1.165, 1.54) is 19.4 Å². The molecule has 1 heterocycles. The molecule has 1 fully saturated rings. The minimum atomic E-state index is -0.0900. The van der Waals surface area contributed by atoms with Gasteiger partial charge >= 0.3 is 0 Å². The molecule has 0 bridgehead atoms. The summed E-state index contributed by atoms with van der Waals surface area (Å²) in [6.45, 7) is 9.50. The fraction of sp³-hybridized carbons (Fsp3) is 0.933. The van der Waals surface area contributed by atoms with Crippen molar-refractivity contribution in [2.24, 2.45) is 5.92 Å². The highest BCUT2D eigenvalue weighted by Gasteiger charge is 2.20. The molecular weight excluding hydrogens is 238 g/mol. The third-order valence-corrected chi connectivity index (χ3v) is 4.16. The highest BCUT2D eigenvalue weighted by atomic mass is 16.2. The van der Waals surface area contributed by atoms with Crippen LogP contribution in [-0.4, -0.2) is 49.6 Å². The molecule has 0 aromatic carbocycles. The number of amides is 1. The average Bonchev–Trinajstić information content (AvgIpc) is 2.41. The first-order chi connectivity index (χ1) is 9.06. The van der Waals surface area contributed by atoms with E-state index in [-0.39, 0.29) is 11.9 Å². The predicted molar refractivity (Wildman–Crippen MR) is 80.2 cm³/mol. The first-order valence-corrected chi connectivity index (χ1v) is 7.79. The Balaban J connectivity index is 2.25. The Hall–Kier alpha value is -0.610. The largest absolute Gasteiger partial charge is 0.352 e. The van der Waals surface area contributed by atoms with Crippen molar-refractivity contribution in [3.8, 4) is 0 Å². The molecule has 0 saturated carbocycles. The highest BCUT2D eigenvalue weighted by Crippen LogP contribution is 2.14. The van der Waals surface area contributed by atoms with E-state index < -0.39 is 0 Å². The molecule has 2 N–H and O–H groups in total. The Kier molecular flexibility index (Phi) is 7.39. The van der Waals surface area contributed by atoms with Gasteiger partial charge in [-0.15, -0.1) is 0 Å². The quantitative estimate of drug-likeness (QED) is 0.738. The van der Waals surface area contributed by atoms with Crippen LogP contribution in [0.3, 0.4) is 0 Å². The summed E-state index contributed by atoms with van der Waals surface area (Å²) in [4.78, 5) is 14.4. The van der Waals surface area contributed by atoms with E-state index in [0.717, 1.165) is 25.9 Å². The molecule has 0 spiro atoms. The molecule has 0 aromatic rings. The third kappa shape index (κ3) is 5.91. The summed E-state index contributed by atoms with van der Waals surface area (Å²) in [6.07, 6.45) is 4.56. The minimum Gasteiger partial charge on any atom is -0.352 e. The second kappa shape index (κ2) is 8.54. The fourth-order valence-corrected chi connectivity index (χ4v) is 2.69. The van der Waals surface area contributed by atoms with Crippen molar-refractivity contribution in [2.45, 2.75) is 58.5 Å². The van der Waals surface area contributed by atoms with Crippen molar-refractivity contribution >= 4 is 5.91 Å². The van der Waals surface area contributed by atoms with Gasteiger partial charge in [-0.1, -0.05) is 13.8 Å². The van der Waals surface area contributed by atoms with E-state index in [0.29, 0.717) is 12.0 Å². The normalized spacial score (nSPS) is 22.5. The van der Waals surface area contributed by atoms with E-state index in [1.807, 2.05) is 6.92 Å². The van der Waals surface area contributed by atoms with Gasteiger partial charge in [-0.25, -0.2) is 0 Å². The summed E-state index contributed by atoms with van der Waals surface area (Å²) in [7, 11) is 2.18. The van der Waals surface area contributed by atoms with Crippen LogP contribution in [0.15, 0.2) is 0 Å². The molecule has 2 unspecified atom stereocenters. The lowest BCUT2D eigenvalue weighted by molar-refractivity contribution is -0.123. The van der Waals surface area contributed by atoms with Crippen molar-refractivity contribution < 1.29 is 4.79 Å². The number of carbonyl (C=O) groups excluding carboxylic acids is 1. The number of hydrogen-bond donors (Lipinski definition) is 2. The second-order valence-electron chi connectivity index (χ2n) is 5.92. The zero-order valence-corrected chi connectivity index (χ0v) is 13.0. The molecule has 19 heavy (non-hydrogen) atoms. The van der Waals surface area contributed by atoms with Crippen LogP contribution < -0.4 is 10.6 Å². The molecule has 112 valence electrons. The van der Waals surface area contributed by atoms with Crippen molar-refractivity contribution in [3.05, 3.63) is 0 Å². The number of carbonyl (C=O) groups is 1. The number of piperidine rings is 1. The second-order valence-corrected chi connectivity index (χ2v) is 5.92. The maximum Gasteiger partial charge on any atom is 0.237 e. The number of nitrogens with zero attached hydrogens (tertiary/aromatic N) is 1. The van der Waals surface area contributed by atoms with Crippen molar-refractivity contribution in [1.82, 2.24) is 15.5 Å². The van der Waals surface area contributed by atoms with Gasteiger partial charge in [0.1, 0.15) is 0 Å². The van der Waals surface area contributed by atoms with Crippen LogP contribution in [-0.2, 0) is 4.79 Å². The first kappa shape index (κ1) is 16.4. The van der Waals surface area contributed by atoms with Crippen LogP contribution in [0.25, 0.3) is 0 Å². The molecule has 1 amide bonds. The fourth-order valence-electron chi connectivity index (χ4n) is 2.69. The molecule has 0 aliphatic carbocycles. The molecule has 1 aliphatic rings. The summed E-state index contributed by atoms with van der Waals surface area (Å²) < 4.78 is 0. The standard InChI is InChI=1S/C15H31N3O/c1-5-14(6-2)17-15(19)12(3)16-10-13-8-7-9-18(4)11-13/h12-14,16H,5-11H2,1-4H3,(H,17,19). The monoisotopic (exact) mass is 269 g/mol. The predicted octanol–water partition coefficient (Wildman–Crippen LogP) is 1.61. The zero-order valence-electron chi connectivity index (χ0n) is 13.0. The zero-order chi connectivity index (χ0) is 14.3. The average molecular weight is 269 g/mol. The third-order valence-electron chi connectivity index (χ3n) is 4.16. The molecule has 1 saturated heterocycles. The smallest absolute Gasteiger partial charge is 0.237 e. The minimum absolute atomic E-state index is 0.0900.